The van der Waals surface area contributed by atoms with E-state index in [9.17, 15) is 0 Å². The van der Waals surface area contributed by atoms with Crippen LogP contribution in [-0.4, -0.2) is 44.0 Å². The first-order chi connectivity index (χ1) is 37.5. The van der Waals surface area contributed by atoms with Crippen molar-refractivity contribution in [2.45, 2.75) is 0 Å². The number of anilines is 2. The molecule has 0 radical (unpaired) electrons. The van der Waals surface area contributed by atoms with Gasteiger partial charge in [0, 0.05) is 64.4 Å². The molecule has 10 aromatic carbocycles. The normalized spacial score (nSPS) is 11.0. The summed E-state index contributed by atoms with van der Waals surface area (Å²) in [5, 5.41) is 6.65. The van der Waals surface area contributed by atoms with E-state index in [4.69, 9.17) is 29.9 Å². The van der Waals surface area contributed by atoms with Crippen molar-refractivity contribution >= 4 is 11.4 Å². The molecule has 0 aliphatic carbocycles. The fourth-order valence-electron chi connectivity index (χ4n) is 9.58. The quantitative estimate of drug-likeness (QED) is 0.118. The zero-order chi connectivity index (χ0) is 51.2. The van der Waals surface area contributed by atoms with E-state index in [1.165, 1.54) is 0 Å². The van der Waals surface area contributed by atoms with Gasteiger partial charge < -0.3 is 10.6 Å². The molecule has 2 aromatic heterocycles. The van der Waals surface area contributed by atoms with Crippen LogP contribution in [-0.2, 0) is 0 Å². The lowest BCUT2D eigenvalue weighted by molar-refractivity contribution is 1.07. The lowest BCUT2D eigenvalue weighted by Crippen LogP contribution is -2.00. The summed E-state index contributed by atoms with van der Waals surface area (Å²) in [7, 11) is 3.91. The molecule has 362 valence electrons. The highest BCUT2D eigenvalue weighted by Crippen LogP contribution is 2.37. The van der Waals surface area contributed by atoms with Crippen molar-refractivity contribution in [3.8, 4) is 124 Å². The van der Waals surface area contributed by atoms with Crippen molar-refractivity contribution in [3.05, 3.63) is 255 Å². The van der Waals surface area contributed by atoms with Crippen LogP contribution in [0.5, 0.6) is 0 Å². The highest BCUT2D eigenvalue weighted by atomic mass is 15.0. The first-order valence-electron chi connectivity index (χ1n) is 25.3. The van der Waals surface area contributed by atoms with Gasteiger partial charge in [0.2, 0.25) is 0 Å². The van der Waals surface area contributed by atoms with Gasteiger partial charge in [-0.1, -0.05) is 200 Å². The van der Waals surface area contributed by atoms with Gasteiger partial charge in [0.15, 0.2) is 34.9 Å². The van der Waals surface area contributed by atoms with Crippen LogP contribution in [0.1, 0.15) is 0 Å². The molecule has 0 aliphatic rings. The maximum Gasteiger partial charge on any atom is 0.164 e. The van der Waals surface area contributed by atoms with E-state index in [-0.39, 0.29) is 0 Å². The SMILES string of the molecule is CNc1ccc(NC)c(-c2cccc(-c3cccc(-c4cccc(-c5nc(-c6ccccc6)nc(-c6cccc(-c7cccc(-c8cccc(-c9nc(-c%10ccccc%10)nc(-c%10ccccc%10)n9)c8)c7)c6)n5)c4)c3)c2)c1. The Labute approximate surface area is 442 Å². The first-order valence-corrected chi connectivity index (χ1v) is 25.3. The molecule has 76 heavy (non-hydrogen) atoms. The van der Waals surface area contributed by atoms with Gasteiger partial charge in [-0.05, 0) is 105 Å². The van der Waals surface area contributed by atoms with Crippen molar-refractivity contribution in [1.29, 1.82) is 0 Å². The Kier molecular flexibility index (Phi) is 13.0. The molecule has 8 heteroatoms. The predicted molar refractivity (Wildman–Crippen MR) is 312 cm³/mol. The fraction of sp³-hybridized carbons (Fsp3) is 0.0294. The van der Waals surface area contributed by atoms with E-state index >= 15 is 0 Å². The fourth-order valence-corrected chi connectivity index (χ4v) is 9.58. The van der Waals surface area contributed by atoms with E-state index in [1.807, 2.05) is 105 Å². The molecule has 0 saturated heterocycles. The molecule has 0 spiro atoms. The van der Waals surface area contributed by atoms with Gasteiger partial charge in [0.25, 0.3) is 0 Å². The zero-order valence-corrected chi connectivity index (χ0v) is 41.9. The number of nitrogens with one attached hydrogen (secondary N) is 2. The number of hydrogen-bond donors (Lipinski definition) is 2. The van der Waals surface area contributed by atoms with E-state index in [1.54, 1.807) is 0 Å². The number of aromatic nitrogens is 6. The van der Waals surface area contributed by atoms with Gasteiger partial charge in [-0.2, -0.15) is 0 Å². The Balaban J connectivity index is 0.865. The minimum Gasteiger partial charge on any atom is -0.388 e. The van der Waals surface area contributed by atoms with Crippen molar-refractivity contribution in [2.75, 3.05) is 24.7 Å². The third-order valence-electron chi connectivity index (χ3n) is 13.5. The van der Waals surface area contributed by atoms with E-state index in [0.29, 0.717) is 34.9 Å². The zero-order valence-electron chi connectivity index (χ0n) is 41.9. The summed E-state index contributed by atoms with van der Waals surface area (Å²) in [6.07, 6.45) is 0. The summed E-state index contributed by atoms with van der Waals surface area (Å²) >= 11 is 0. The van der Waals surface area contributed by atoms with E-state index < -0.39 is 0 Å². The van der Waals surface area contributed by atoms with Gasteiger partial charge in [0.05, 0.1) is 0 Å². The third-order valence-corrected chi connectivity index (χ3v) is 13.5. The summed E-state index contributed by atoms with van der Waals surface area (Å²) in [5.74, 6) is 3.65. The Morgan fingerprint density at radius 3 is 0.763 bits per heavy atom. The molecule has 0 atom stereocenters. The van der Waals surface area contributed by atoms with Crippen LogP contribution < -0.4 is 10.6 Å². The number of benzene rings is 10. The second kappa shape index (κ2) is 21.1. The largest absolute Gasteiger partial charge is 0.388 e. The Hall–Kier alpha value is -10.2. The second-order valence-corrected chi connectivity index (χ2v) is 18.5. The van der Waals surface area contributed by atoms with Crippen molar-refractivity contribution in [1.82, 2.24) is 29.9 Å². The molecular weight excluding hydrogens is 929 g/mol. The van der Waals surface area contributed by atoms with Crippen LogP contribution in [0.2, 0.25) is 0 Å². The lowest BCUT2D eigenvalue weighted by Gasteiger charge is -2.14. The predicted octanol–water partition coefficient (Wildman–Crippen LogP) is 16.5. The molecule has 8 nitrogen and oxygen atoms in total. The van der Waals surface area contributed by atoms with Crippen molar-refractivity contribution in [2.24, 2.45) is 0 Å². The molecule has 0 amide bonds. The number of rotatable bonds is 13. The molecule has 2 heterocycles. The molecule has 2 N–H and O–H groups in total. The summed E-state index contributed by atoms with van der Waals surface area (Å²) in [4.78, 5) is 30.3. The van der Waals surface area contributed by atoms with Gasteiger partial charge in [0.1, 0.15) is 0 Å². The minimum absolute atomic E-state index is 0.589. The maximum absolute atomic E-state index is 5.21. The standard InChI is InChI=1S/C68H50N8/c1-69-60-36-37-62(70-2)61(44-60)56-32-14-28-52(40-56)48-24-12-25-49(38-48)54-30-16-34-58(42-54)67-74-65(47-22-10-5-11-23-47)75-68(76-67)59-35-17-31-55(43-59)51-27-13-26-50(39-51)53-29-15-33-57(41-53)66-72-63(45-18-6-3-7-19-45)71-64(73-66)46-20-8-4-9-21-46/h3-44,69-70H,1-2H3. The molecule has 12 aromatic rings. The second-order valence-electron chi connectivity index (χ2n) is 18.5. The molecule has 0 bridgehead atoms. The molecule has 0 aliphatic heterocycles. The Morgan fingerprint density at radius 1 is 0.211 bits per heavy atom. The van der Waals surface area contributed by atoms with Gasteiger partial charge in [-0.15, -0.1) is 0 Å². The van der Waals surface area contributed by atoms with Crippen LogP contribution in [0.25, 0.3) is 124 Å². The van der Waals surface area contributed by atoms with Gasteiger partial charge in [-0.3, -0.25) is 0 Å². The van der Waals surface area contributed by atoms with Crippen LogP contribution in [0.3, 0.4) is 0 Å². The molecule has 12 rings (SSSR count). The maximum atomic E-state index is 5.21. The molecule has 0 fully saturated rings. The highest BCUT2D eigenvalue weighted by molar-refractivity contribution is 5.85. The average Bonchev–Trinajstić information content (AvgIpc) is 3.52. The Morgan fingerprint density at radius 2 is 0.461 bits per heavy atom. The van der Waals surface area contributed by atoms with E-state index in [2.05, 4.69) is 174 Å². The molecule has 0 saturated carbocycles. The summed E-state index contributed by atoms with van der Waals surface area (Å²) in [6, 6.07) is 88.0. The summed E-state index contributed by atoms with van der Waals surface area (Å²) in [6.45, 7) is 0. The van der Waals surface area contributed by atoms with Crippen molar-refractivity contribution < 1.29 is 0 Å². The summed E-state index contributed by atoms with van der Waals surface area (Å²) < 4.78 is 0. The third kappa shape index (κ3) is 9.98. The monoisotopic (exact) mass is 978 g/mol. The smallest absolute Gasteiger partial charge is 0.164 e. The van der Waals surface area contributed by atoms with Gasteiger partial charge in [-0.25, -0.2) is 29.9 Å². The summed E-state index contributed by atoms with van der Waals surface area (Å²) in [5.41, 5.74) is 18.5. The topological polar surface area (TPSA) is 101 Å². The molecular formula is C68H50N8. The minimum atomic E-state index is 0.589. The van der Waals surface area contributed by atoms with Gasteiger partial charge >= 0.3 is 0 Å². The molecule has 0 unspecified atom stereocenters. The number of hydrogen-bond acceptors (Lipinski definition) is 8. The van der Waals surface area contributed by atoms with Crippen LogP contribution in [0.4, 0.5) is 11.4 Å². The van der Waals surface area contributed by atoms with Crippen LogP contribution in [0, 0.1) is 0 Å². The van der Waals surface area contributed by atoms with Crippen molar-refractivity contribution in [3.63, 3.8) is 0 Å². The van der Waals surface area contributed by atoms with E-state index in [0.717, 1.165) is 100 Å². The average molecular weight is 979 g/mol. The number of nitrogens with zero attached hydrogens (tertiary/aromatic N) is 6. The first kappa shape index (κ1) is 46.9. The van der Waals surface area contributed by atoms with Crippen LogP contribution >= 0.6 is 0 Å². The van der Waals surface area contributed by atoms with Crippen LogP contribution in [0.15, 0.2) is 255 Å². The lowest BCUT2D eigenvalue weighted by atomic mass is 9.95. The highest BCUT2D eigenvalue weighted by Gasteiger charge is 2.17. The Bertz CT molecular complexity index is 3970.